The molecule has 0 aromatic carbocycles. The van der Waals surface area contributed by atoms with Crippen LogP contribution in [0, 0.1) is 0 Å². The fourth-order valence-electron chi connectivity index (χ4n) is 3.36. The third-order valence-electron chi connectivity index (χ3n) is 4.34. The van der Waals surface area contributed by atoms with Crippen molar-refractivity contribution in [1.82, 2.24) is 0 Å². The van der Waals surface area contributed by atoms with Gasteiger partial charge in [-0.3, -0.25) is 4.79 Å². The van der Waals surface area contributed by atoms with Crippen molar-refractivity contribution in [2.75, 3.05) is 0 Å². The molecule has 3 rings (SSSR count). The van der Waals surface area contributed by atoms with Crippen molar-refractivity contribution in [3.05, 3.63) is 29.2 Å². The Morgan fingerprint density at radius 2 is 2.00 bits per heavy atom. The molecule has 18 heavy (non-hydrogen) atoms. The van der Waals surface area contributed by atoms with E-state index in [4.69, 9.17) is 4.42 Å². The number of ketones is 1. The Bertz CT molecular complexity index is 531. The van der Waals surface area contributed by atoms with E-state index in [1.54, 1.807) is 0 Å². The summed E-state index contributed by atoms with van der Waals surface area (Å²) in [6.07, 6.45) is 7.52. The smallest absolute Gasteiger partial charge is 0.159 e. The molecule has 1 aromatic heterocycles. The molecule has 2 aliphatic rings. The molecule has 1 atom stereocenters. The molecule has 0 fully saturated rings. The lowest BCUT2D eigenvalue weighted by Gasteiger charge is -2.37. The highest BCUT2D eigenvalue weighted by atomic mass is 28.3. The van der Waals surface area contributed by atoms with E-state index in [1.807, 2.05) is 12.5 Å². The van der Waals surface area contributed by atoms with E-state index in [0.717, 1.165) is 31.3 Å². The predicted octanol–water partition coefficient (Wildman–Crippen LogP) is 4.05. The minimum atomic E-state index is -1.37. The van der Waals surface area contributed by atoms with E-state index in [-0.39, 0.29) is 0 Å². The number of hydrogen-bond donors (Lipinski definition) is 0. The minimum Gasteiger partial charge on any atom is -0.472 e. The van der Waals surface area contributed by atoms with Crippen LogP contribution in [-0.2, 0) is 11.2 Å². The molecular formula is C15H20O2Si. The molecule has 2 aliphatic carbocycles. The van der Waals surface area contributed by atoms with Crippen LogP contribution in [0.5, 0.6) is 0 Å². The fourth-order valence-corrected chi connectivity index (χ4v) is 5.39. The number of Topliss-reactive ketones (excluding diaryl/α,β-unsaturated/α-hetero) is 1. The number of rotatable bonds is 1. The summed E-state index contributed by atoms with van der Waals surface area (Å²) in [5.41, 5.74) is 5.47. The zero-order valence-electron chi connectivity index (χ0n) is 11.4. The largest absolute Gasteiger partial charge is 0.472 e. The summed E-state index contributed by atoms with van der Waals surface area (Å²) in [7, 11) is -1.37. The molecule has 3 heteroatoms. The zero-order chi connectivity index (χ0) is 12.9. The van der Waals surface area contributed by atoms with Crippen molar-refractivity contribution < 1.29 is 9.21 Å². The van der Waals surface area contributed by atoms with Crippen molar-refractivity contribution in [3.63, 3.8) is 0 Å². The van der Waals surface area contributed by atoms with Crippen LogP contribution < -0.4 is 0 Å². The molecule has 1 heterocycles. The summed E-state index contributed by atoms with van der Waals surface area (Å²) in [5, 5.41) is 0. The van der Waals surface area contributed by atoms with Crippen LogP contribution in [0.2, 0.25) is 25.2 Å². The summed E-state index contributed by atoms with van der Waals surface area (Å²) >= 11 is 0. The van der Waals surface area contributed by atoms with Crippen LogP contribution in [0.15, 0.2) is 22.5 Å². The second-order valence-electron chi connectivity index (χ2n) is 6.60. The summed E-state index contributed by atoms with van der Waals surface area (Å²) in [6.45, 7) is 7.11. The Morgan fingerprint density at radius 1 is 1.22 bits per heavy atom. The van der Waals surface area contributed by atoms with Crippen molar-refractivity contribution in [1.29, 1.82) is 0 Å². The first-order valence-electron chi connectivity index (χ1n) is 6.80. The monoisotopic (exact) mass is 260 g/mol. The Kier molecular flexibility index (Phi) is 2.63. The third kappa shape index (κ3) is 1.72. The van der Waals surface area contributed by atoms with Crippen LogP contribution in [0.25, 0.3) is 5.57 Å². The second-order valence-corrected chi connectivity index (χ2v) is 12.0. The van der Waals surface area contributed by atoms with Crippen LogP contribution in [-0.4, -0.2) is 13.9 Å². The lowest BCUT2D eigenvalue weighted by molar-refractivity contribution is -0.116. The topological polar surface area (TPSA) is 30.2 Å². The quantitative estimate of drug-likeness (QED) is 0.713. The Morgan fingerprint density at radius 3 is 2.72 bits per heavy atom. The Balaban J connectivity index is 2.19. The first kappa shape index (κ1) is 12.0. The molecule has 0 spiro atoms. The van der Waals surface area contributed by atoms with E-state index in [2.05, 4.69) is 19.6 Å². The van der Waals surface area contributed by atoms with Crippen molar-refractivity contribution in [2.24, 2.45) is 0 Å². The predicted molar refractivity (Wildman–Crippen MR) is 75.3 cm³/mol. The van der Waals surface area contributed by atoms with Crippen LogP contribution in [0.3, 0.4) is 0 Å². The molecule has 1 aromatic rings. The highest BCUT2D eigenvalue weighted by molar-refractivity contribution is 6.78. The van der Waals surface area contributed by atoms with Crippen LogP contribution in [0.4, 0.5) is 0 Å². The summed E-state index contributed by atoms with van der Waals surface area (Å²) in [4.78, 5) is 12.4. The van der Waals surface area contributed by atoms with E-state index >= 15 is 0 Å². The molecule has 1 unspecified atom stereocenters. The summed E-state index contributed by atoms with van der Waals surface area (Å²) in [5.74, 6) is 0.399. The molecule has 0 saturated carbocycles. The van der Waals surface area contributed by atoms with Gasteiger partial charge in [-0.15, -0.1) is 0 Å². The van der Waals surface area contributed by atoms with E-state index in [1.165, 1.54) is 16.7 Å². The van der Waals surface area contributed by atoms with E-state index < -0.39 is 8.07 Å². The molecule has 0 N–H and O–H groups in total. The van der Waals surface area contributed by atoms with E-state index in [9.17, 15) is 4.79 Å². The molecule has 2 nitrogen and oxygen atoms in total. The lowest BCUT2D eigenvalue weighted by atomic mass is 9.79. The molecule has 0 radical (unpaired) electrons. The lowest BCUT2D eigenvalue weighted by Crippen LogP contribution is -2.36. The fraction of sp³-hybridized carbons (Fsp3) is 0.533. The standard InChI is InChI=1S/C15H20O2Si/c1-18(2,3)14-7-10-8-17-9-12(10)11-5-4-6-13(16)15(11)14/h8-9,14H,4-7H2,1-3H3. The Labute approximate surface area is 109 Å². The highest BCUT2D eigenvalue weighted by Crippen LogP contribution is 2.47. The average molecular weight is 260 g/mol. The number of furan rings is 1. The number of allylic oxidation sites excluding steroid dienone is 2. The first-order chi connectivity index (χ1) is 8.48. The van der Waals surface area contributed by atoms with Gasteiger partial charge in [0.15, 0.2) is 5.78 Å². The van der Waals surface area contributed by atoms with Gasteiger partial charge >= 0.3 is 0 Å². The van der Waals surface area contributed by atoms with Crippen LogP contribution >= 0.6 is 0 Å². The van der Waals surface area contributed by atoms with Gasteiger partial charge < -0.3 is 4.42 Å². The maximum Gasteiger partial charge on any atom is 0.159 e. The van der Waals surface area contributed by atoms with Gasteiger partial charge in [0.2, 0.25) is 0 Å². The molecule has 0 aliphatic heterocycles. The summed E-state index contributed by atoms with van der Waals surface area (Å²) < 4.78 is 5.38. The highest BCUT2D eigenvalue weighted by Gasteiger charge is 2.40. The second kappa shape index (κ2) is 3.95. The van der Waals surface area contributed by atoms with Crippen LogP contribution in [0.1, 0.15) is 30.4 Å². The van der Waals surface area contributed by atoms with Gasteiger partial charge in [0.05, 0.1) is 20.6 Å². The maximum absolute atomic E-state index is 12.4. The molecule has 0 saturated heterocycles. The molecule has 0 bridgehead atoms. The van der Waals surface area contributed by atoms with Gasteiger partial charge in [-0.05, 0) is 41.5 Å². The number of hydrogen-bond acceptors (Lipinski definition) is 2. The molecule has 0 amide bonds. The van der Waals surface area contributed by atoms with Crippen molar-refractivity contribution in [3.8, 4) is 0 Å². The number of carbonyl (C=O) groups is 1. The van der Waals surface area contributed by atoms with Gasteiger partial charge in [-0.2, -0.15) is 0 Å². The molecule has 96 valence electrons. The number of fused-ring (bicyclic) bond motifs is 2. The van der Waals surface area contributed by atoms with E-state index in [0.29, 0.717) is 11.3 Å². The maximum atomic E-state index is 12.4. The number of carbonyl (C=O) groups excluding carboxylic acids is 1. The van der Waals surface area contributed by atoms with Crippen molar-refractivity contribution in [2.45, 2.75) is 50.9 Å². The van der Waals surface area contributed by atoms with Gasteiger partial charge in [-0.25, -0.2) is 0 Å². The third-order valence-corrected chi connectivity index (χ3v) is 6.92. The minimum absolute atomic E-state index is 0.399. The SMILES string of the molecule is C[Si](C)(C)C1Cc2cocc2C2=C1C(=O)CCC2. The zero-order valence-corrected chi connectivity index (χ0v) is 12.4. The van der Waals surface area contributed by atoms with Gasteiger partial charge in [-0.1, -0.05) is 19.6 Å². The van der Waals surface area contributed by atoms with Crippen molar-refractivity contribution >= 4 is 19.4 Å². The first-order valence-corrected chi connectivity index (χ1v) is 10.4. The van der Waals surface area contributed by atoms with Gasteiger partial charge in [0.1, 0.15) is 0 Å². The average Bonchev–Trinajstić information content (AvgIpc) is 2.75. The normalized spacial score (nSPS) is 23.9. The summed E-state index contributed by atoms with van der Waals surface area (Å²) in [6, 6.07) is 0. The Hall–Kier alpha value is -1.09. The van der Waals surface area contributed by atoms with Gasteiger partial charge in [0.25, 0.3) is 0 Å². The molecular weight excluding hydrogens is 240 g/mol. The van der Waals surface area contributed by atoms with Gasteiger partial charge in [0, 0.05) is 12.0 Å².